The molecule has 0 amide bonds. The molecule has 6 rings (SSSR count). The highest BCUT2D eigenvalue weighted by atomic mass is 32.2. The van der Waals surface area contributed by atoms with Crippen molar-refractivity contribution in [1.29, 1.82) is 0 Å². The van der Waals surface area contributed by atoms with Gasteiger partial charge < -0.3 is 20.1 Å². The summed E-state index contributed by atoms with van der Waals surface area (Å²) in [4.78, 5) is 17.8. The van der Waals surface area contributed by atoms with Gasteiger partial charge >= 0.3 is 0 Å². The lowest BCUT2D eigenvalue weighted by Gasteiger charge is -2.63. The summed E-state index contributed by atoms with van der Waals surface area (Å²) in [6, 6.07) is 14.6. The van der Waals surface area contributed by atoms with E-state index in [0.717, 1.165) is 17.7 Å². The molecule has 176 valence electrons. The SMILES string of the molecule is CN1CC[C@@]23Cc4[nH]c(=O)c(S(=O)(=O)c5ccccc5)cc4C[C@]2(O)[C@@H]1Cc1ccc(O)cc13. The lowest BCUT2D eigenvalue weighted by Crippen LogP contribution is -2.73. The van der Waals surface area contributed by atoms with E-state index in [1.165, 1.54) is 18.2 Å². The Morgan fingerprint density at radius 3 is 2.59 bits per heavy atom. The molecule has 0 radical (unpaired) electrons. The fourth-order valence-electron chi connectivity index (χ4n) is 6.56. The molecule has 3 atom stereocenters. The van der Waals surface area contributed by atoms with Crippen molar-refractivity contribution in [3.8, 4) is 5.75 Å². The van der Waals surface area contributed by atoms with Crippen LogP contribution in [0.3, 0.4) is 0 Å². The molecule has 2 aliphatic carbocycles. The van der Waals surface area contributed by atoms with E-state index in [2.05, 4.69) is 9.88 Å². The topological polar surface area (TPSA) is 111 Å². The summed E-state index contributed by atoms with van der Waals surface area (Å²) in [5.74, 6) is 0.149. The molecule has 1 aliphatic heterocycles. The van der Waals surface area contributed by atoms with Gasteiger partial charge in [-0.1, -0.05) is 24.3 Å². The molecule has 3 aliphatic rings. The summed E-state index contributed by atoms with van der Waals surface area (Å²) in [5.41, 5.74) is 0.824. The van der Waals surface area contributed by atoms with Crippen molar-refractivity contribution >= 4 is 9.84 Å². The number of hydrogen-bond acceptors (Lipinski definition) is 6. The minimum Gasteiger partial charge on any atom is -0.508 e. The summed E-state index contributed by atoms with van der Waals surface area (Å²) in [6.45, 7) is 0.780. The Bertz CT molecular complexity index is 1480. The van der Waals surface area contributed by atoms with Gasteiger partial charge in [0.2, 0.25) is 9.84 Å². The van der Waals surface area contributed by atoms with Gasteiger partial charge in [0, 0.05) is 30.0 Å². The average molecular weight is 479 g/mol. The molecule has 0 spiro atoms. The van der Waals surface area contributed by atoms with Gasteiger partial charge in [0.25, 0.3) is 5.56 Å². The number of hydrogen-bond donors (Lipinski definition) is 3. The second kappa shape index (κ2) is 7.04. The third-order valence-electron chi connectivity index (χ3n) is 8.29. The molecule has 0 saturated carbocycles. The van der Waals surface area contributed by atoms with Gasteiger partial charge in [-0.15, -0.1) is 0 Å². The van der Waals surface area contributed by atoms with E-state index < -0.39 is 26.4 Å². The summed E-state index contributed by atoms with van der Waals surface area (Å²) in [5, 5.41) is 22.6. The molecule has 0 unspecified atom stereocenters. The molecule has 1 fully saturated rings. The van der Waals surface area contributed by atoms with Crippen molar-refractivity contribution in [3.63, 3.8) is 0 Å². The Morgan fingerprint density at radius 1 is 1.06 bits per heavy atom. The van der Waals surface area contributed by atoms with E-state index in [-0.39, 0.29) is 28.0 Å². The molecule has 1 saturated heterocycles. The molecule has 34 heavy (non-hydrogen) atoms. The van der Waals surface area contributed by atoms with Crippen LogP contribution in [-0.2, 0) is 34.5 Å². The van der Waals surface area contributed by atoms with E-state index in [1.807, 2.05) is 13.1 Å². The zero-order chi connectivity index (χ0) is 23.9. The number of rotatable bonds is 2. The number of aromatic nitrogens is 1. The fourth-order valence-corrected chi connectivity index (χ4v) is 7.92. The molecule has 7 nitrogen and oxygen atoms in total. The average Bonchev–Trinajstić information content (AvgIpc) is 2.81. The molecule has 1 aromatic heterocycles. The van der Waals surface area contributed by atoms with E-state index in [0.29, 0.717) is 30.5 Å². The van der Waals surface area contributed by atoms with Crippen molar-refractivity contribution in [1.82, 2.24) is 9.88 Å². The molecular weight excluding hydrogens is 452 g/mol. The molecule has 2 bridgehead atoms. The maximum atomic E-state index is 13.2. The third kappa shape index (κ3) is 2.76. The number of aromatic amines is 1. The second-order valence-corrected chi connectivity index (χ2v) is 11.9. The number of fused-ring (bicyclic) bond motifs is 2. The van der Waals surface area contributed by atoms with Gasteiger partial charge in [-0.05, 0) is 73.5 Å². The van der Waals surface area contributed by atoms with Gasteiger partial charge in [0.15, 0.2) is 0 Å². The number of sulfone groups is 1. The molecule has 2 aromatic carbocycles. The monoisotopic (exact) mass is 478 g/mol. The standard InChI is InChI=1S/C26H26N2O5S/c1-28-10-9-25-15-21-17(11-22(24(30)27-21)34(32,33)19-5-3-2-4-6-19)14-26(25,31)23(28)12-16-7-8-18(29)13-20(16)25/h2-8,11,13,23,29,31H,9-10,12,14-15H2,1H3,(H,27,30)/t23-,25-,26-/m0/s1. The lowest BCUT2D eigenvalue weighted by atomic mass is 9.49. The number of aliphatic hydroxyl groups is 1. The summed E-state index contributed by atoms with van der Waals surface area (Å²) in [6.07, 6.45) is 1.90. The molecule has 3 N–H and O–H groups in total. The van der Waals surface area contributed by atoms with Crippen molar-refractivity contribution in [2.24, 2.45) is 0 Å². The van der Waals surface area contributed by atoms with Crippen LogP contribution in [0.15, 0.2) is 69.2 Å². The highest BCUT2D eigenvalue weighted by molar-refractivity contribution is 7.91. The Hall–Kier alpha value is -2.94. The van der Waals surface area contributed by atoms with Crippen LogP contribution in [0.2, 0.25) is 0 Å². The van der Waals surface area contributed by atoms with Gasteiger partial charge in [-0.2, -0.15) is 0 Å². The highest BCUT2D eigenvalue weighted by Crippen LogP contribution is 2.56. The van der Waals surface area contributed by atoms with Gasteiger partial charge in [-0.3, -0.25) is 4.79 Å². The van der Waals surface area contributed by atoms with Crippen LogP contribution in [0.5, 0.6) is 5.75 Å². The lowest BCUT2D eigenvalue weighted by molar-refractivity contribution is -0.145. The maximum Gasteiger partial charge on any atom is 0.267 e. The molecule has 3 aromatic rings. The first-order valence-corrected chi connectivity index (χ1v) is 12.9. The van der Waals surface area contributed by atoms with E-state index in [4.69, 9.17) is 0 Å². The largest absolute Gasteiger partial charge is 0.508 e. The van der Waals surface area contributed by atoms with Crippen molar-refractivity contribution in [2.45, 2.75) is 52.5 Å². The maximum absolute atomic E-state index is 13.2. The molecular formula is C26H26N2O5S. The number of pyridine rings is 1. The van der Waals surface area contributed by atoms with Gasteiger partial charge in [0.1, 0.15) is 10.6 Å². The number of phenols is 1. The quantitative estimate of drug-likeness (QED) is 0.519. The zero-order valence-electron chi connectivity index (χ0n) is 18.8. The Balaban J connectivity index is 1.55. The minimum absolute atomic E-state index is 0.0603. The van der Waals surface area contributed by atoms with Crippen molar-refractivity contribution < 1.29 is 18.6 Å². The normalized spacial score (nSPS) is 28.0. The first-order chi connectivity index (χ1) is 16.2. The number of nitrogens with one attached hydrogen (secondary N) is 1. The van der Waals surface area contributed by atoms with Crippen molar-refractivity contribution in [2.75, 3.05) is 13.6 Å². The third-order valence-corrected chi connectivity index (χ3v) is 10.1. The smallest absolute Gasteiger partial charge is 0.267 e. The number of nitrogens with zero attached hydrogens (tertiary/aromatic N) is 1. The van der Waals surface area contributed by atoms with Crippen LogP contribution in [0.1, 0.15) is 28.8 Å². The van der Waals surface area contributed by atoms with Crippen molar-refractivity contribution in [3.05, 3.63) is 87.3 Å². The number of likely N-dealkylation sites (N-methyl/N-ethyl adjacent to an activating group) is 1. The predicted octanol–water partition coefficient (Wildman–Crippen LogP) is 1.94. The van der Waals surface area contributed by atoms with Crippen LogP contribution in [0.4, 0.5) is 0 Å². The second-order valence-electron chi connectivity index (χ2n) is 9.93. The molecule has 8 heteroatoms. The zero-order valence-corrected chi connectivity index (χ0v) is 19.6. The van der Waals surface area contributed by atoms with Crippen LogP contribution >= 0.6 is 0 Å². The van der Waals surface area contributed by atoms with E-state index >= 15 is 0 Å². The number of piperidine rings is 1. The number of likely N-dealkylation sites (tertiary alicyclic amines) is 1. The highest BCUT2D eigenvalue weighted by Gasteiger charge is 2.64. The summed E-state index contributed by atoms with van der Waals surface area (Å²) >= 11 is 0. The summed E-state index contributed by atoms with van der Waals surface area (Å²) < 4.78 is 26.5. The molecule has 2 heterocycles. The van der Waals surface area contributed by atoms with Crippen LogP contribution in [-0.4, -0.2) is 53.8 Å². The van der Waals surface area contributed by atoms with E-state index in [9.17, 15) is 23.4 Å². The van der Waals surface area contributed by atoms with Gasteiger partial charge in [0.05, 0.1) is 10.5 Å². The van der Waals surface area contributed by atoms with Crippen LogP contribution < -0.4 is 5.56 Å². The number of benzene rings is 2. The Morgan fingerprint density at radius 2 is 1.82 bits per heavy atom. The first kappa shape index (κ1) is 21.6. The van der Waals surface area contributed by atoms with Gasteiger partial charge in [-0.25, -0.2) is 8.42 Å². The summed E-state index contributed by atoms with van der Waals surface area (Å²) in [7, 11) is -2.00. The van der Waals surface area contributed by atoms with E-state index in [1.54, 1.807) is 30.3 Å². The minimum atomic E-state index is -4.01. The number of aromatic hydroxyl groups is 1. The van der Waals surface area contributed by atoms with Crippen LogP contribution in [0, 0.1) is 0 Å². The Labute approximate surface area is 197 Å². The van der Waals surface area contributed by atoms with Crippen LogP contribution in [0.25, 0.3) is 0 Å². The predicted molar refractivity (Wildman–Crippen MR) is 126 cm³/mol. The Kier molecular flexibility index (Phi) is 4.47. The first-order valence-electron chi connectivity index (χ1n) is 11.5. The number of H-pyrrole nitrogens is 1. The fraction of sp³-hybridized carbons (Fsp3) is 0.346. The number of phenolic OH excluding ortho intramolecular Hbond substituents is 1.